The van der Waals surface area contributed by atoms with Crippen LogP contribution in [0.5, 0.6) is 0 Å². The van der Waals surface area contributed by atoms with Crippen LogP contribution in [0, 0.1) is 0 Å². The van der Waals surface area contributed by atoms with Crippen LogP contribution in [0.2, 0.25) is 0 Å². The number of hydrogen-bond donors (Lipinski definition) is 2. The Hall–Kier alpha value is -3.81. The number of rotatable bonds is 6. The minimum atomic E-state index is -1.14. The number of likely N-dealkylation sites (tertiary alicyclic amines) is 1. The Labute approximate surface area is 191 Å². The van der Waals surface area contributed by atoms with Crippen molar-refractivity contribution in [3.05, 3.63) is 72.3 Å². The maximum atomic E-state index is 12.9. The first-order valence-corrected chi connectivity index (χ1v) is 10.9. The minimum Gasteiger partial charge on any atom is -0.480 e. The number of ether oxygens (including phenoxy) is 2. The Kier molecular flexibility index (Phi) is 6.63. The second kappa shape index (κ2) is 9.77. The number of alkyl carbamates (subject to hydrolysis) is 1. The molecule has 0 unspecified atom stereocenters. The molecular formula is C25H26N2O6. The Morgan fingerprint density at radius 1 is 1.06 bits per heavy atom. The van der Waals surface area contributed by atoms with Crippen molar-refractivity contribution < 1.29 is 29.0 Å². The van der Waals surface area contributed by atoms with Crippen molar-refractivity contribution in [1.82, 2.24) is 10.2 Å². The zero-order valence-electron chi connectivity index (χ0n) is 18.1. The lowest BCUT2D eigenvalue weighted by atomic mass is 9.97. The molecule has 1 heterocycles. The van der Waals surface area contributed by atoms with Crippen molar-refractivity contribution in [2.45, 2.75) is 30.8 Å². The third-order valence-electron chi connectivity index (χ3n) is 6.11. The fourth-order valence-electron chi connectivity index (χ4n) is 4.57. The zero-order chi connectivity index (χ0) is 23.4. The summed E-state index contributed by atoms with van der Waals surface area (Å²) in [6, 6.07) is 14.5. The summed E-state index contributed by atoms with van der Waals surface area (Å²) in [7, 11) is 0. The fourth-order valence-corrected chi connectivity index (χ4v) is 4.57. The molecule has 8 nitrogen and oxygen atoms in total. The molecular weight excluding hydrogens is 424 g/mol. The molecule has 2 amide bonds. The van der Waals surface area contributed by atoms with Gasteiger partial charge in [0, 0.05) is 18.5 Å². The highest BCUT2D eigenvalue weighted by molar-refractivity contribution is 5.81. The number of carbonyl (C=O) groups is 3. The van der Waals surface area contributed by atoms with Crippen LogP contribution in [0.3, 0.4) is 0 Å². The minimum absolute atomic E-state index is 0.0623. The van der Waals surface area contributed by atoms with Gasteiger partial charge in [-0.15, -0.1) is 0 Å². The van der Waals surface area contributed by atoms with Crippen LogP contribution in [0.4, 0.5) is 9.59 Å². The summed E-state index contributed by atoms with van der Waals surface area (Å²) >= 11 is 0. The van der Waals surface area contributed by atoms with Crippen molar-refractivity contribution in [3.63, 3.8) is 0 Å². The summed E-state index contributed by atoms with van der Waals surface area (Å²) in [5.74, 6) is -1.25. The average molecular weight is 450 g/mol. The van der Waals surface area contributed by atoms with Crippen molar-refractivity contribution in [1.29, 1.82) is 0 Å². The zero-order valence-corrected chi connectivity index (χ0v) is 18.1. The number of benzene rings is 2. The van der Waals surface area contributed by atoms with Gasteiger partial charge in [0.25, 0.3) is 0 Å². The maximum absolute atomic E-state index is 12.9. The van der Waals surface area contributed by atoms with E-state index in [-0.39, 0.29) is 32.1 Å². The second-order valence-corrected chi connectivity index (χ2v) is 8.10. The molecule has 2 aliphatic rings. The molecule has 172 valence electrons. The van der Waals surface area contributed by atoms with Crippen LogP contribution in [0.1, 0.15) is 29.9 Å². The molecule has 0 radical (unpaired) electrons. The first-order chi connectivity index (χ1) is 16.0. The normalized spacial score (nSPS) is 19.2. The van der Waals surface area contributed by atoms with Gasteiger partial charge in [-0.3, -0.25) is 4.90 Å². The average Bonchev–Trinajstić information content (AvgIpc) is 3.15. The van der Waals surface area contributed by atoms with E-state index >= 15 is 0 Å². The highest BCUT2D eigenvalue weighted by Gasteiger charge is 2.38. The number of fused-ring (bicyclic) bond motifs is 3. The molecule has 1 aliphatic heterocycles. The number of nitrogens with zero attached hydrogens (tertiary/aromatic N) is 1. The number of carboxylic acids is 1. The largest absolute Gasteiger partial charge is 0.480 e. The topological polar surface area (TPSA) is 105 Å². The number of carboxylic acid groups (broad SMARTS) is 1. The van der Waals surface area contributed by atoms with Crippen LogP contribution in [-0.2, 0) is 14.3 Å². The highest BCUT2D eigenvalue weighted by atomic mass is 16.6. The Morgan fingerprint density at radius 3 is 2.30 bits per heavy atom. The molecule has 4 rings (SSSR count). The van der Waals surface area contributed by atoms with Crippen LogP contribution in [0.25, 0.3) is 11.1 Å². The summed E-state index contributed by atoms with van der Waals surface area (Å²) < 4.78 is 10.5. The Bertz CT molecular complexity index is 1020. The van der Waals surface area contributed by atoms with Crippen molar-refractivity contribution in [2.75, 3.05) is 19.8 Å². The van der Waals surface area contributed by atoms with Gasteiger partial charge in [0.15, 0.2) is 0 Å². The van der Waals surface area contributed by atoms with Gasteiger partial charge in [-0.1, -0.05) is 61.2 Å². The van der Waals surface area contributed by atoms with Gasteiger partial charge in [0.1, 0.15) is 19.3 Å². The van der Waals surface area contributed by atoms with Gasteiger partial charge in [0.05, 0.1) is 0 Å². The number of piperidine rings is 1. The van der Waals surface area contributed by atoms with E-state index in [1.165, 1.54) is 11.0 Å². The lowest BCUT2D eigenvalue weighted by molar-refractivity contribution is -0.144. The molecule has 0 bridgehead atoms. The summed E-state index contributed by atoms with van der Waals surface area (Å²) in [5.41, 5.74) is 4.41. The van der Waals surface area contributed by atoms with E-state index in [2.05, 4.69) is 11.9 Å². The first-order valence-electron chi connectivity index (χ1n) is 10.9. The lowest BCUT2D eigenvalue weighted by Crippen LogP contribution is -2.55. The predicted molar refractivity (Wildman–Crippen MR) is 121 cm³/mol. The molecule has 1 saturated heterocycles. The van der Waals surface area contributed by atoms with Crippen LogP contribution < -0.4 is 5.32 Å². The van der Waals surface area contributed by atoms with Crippen molar-refractivity contribution in [3.8, 4) is 11.1 Å². The van der Waals surface area contributed by atoms with Crippen molar-refractivity contribution in [2.24, 2.45) is 0 Å². The van der Waals surface area contributed by atoms with Gasteiger partial charge in [-0.2, -0.15) is 0 Å². The Balaban J connectivity index is 1.41. The van der Waals surface area contributed by atoms with Gasteiger partial charge in [-0.25, -0.2) is 14.4 Å². The molecule has 0 aromatic heterocycles. The summed E-state index contributed by atoms with van der Waals surface area (Å²) in [6.07, 6.45) is 0.606. The number of carbonyl (C=O) groups excluding carboxylic acids is 2. The van der Waals surface area contributed by atoms with E-state index in [0.29, 0.717) is 6.42 Å². The third kappa shape index (κ3) is 4.69. The van der Waals surface area contributed by atoms with Gasteiger partial charge in [-0.05, 0) is 35.1 Å². The van der Waals surface area contributed by atoms with Gasteiger partial charge >= 0.3 is 18.2 Å². The maximum Gasteiger partial charge on any atom is 0.410 e. The van der Waals surface area contributed by atoms with Gasteiger partial charge < -0.3 is 19.9 Å². The standard InChI is InChI=1S/C25H26N2O6/c1-2-13-32-24(30)26-16-11-12-27(22(14-16)23(28)29)25(31)33-15-21-19-9-5-3-7-17(19)18-8-4-6-10-20(18)21/h2-10,16,21-22H,1,11-15H2,(H,26,30)(H,28,29)/t16-,22-/m0/s1. The summed E-state index contributed by atoms with van der Waals surface area (Å²) in [6.45, 7) is 3.81. The molecule has 1 fully saturated rings. The van der Waals surface area contributed by atoms with Crippen LogP contribution in [0.15, 0.2) is 61.2 Å². The molecule has 0 spiro atoms. The molecule has 2 atom stereocenters. The van der Waals surface area contributed by atoms with E-state index in [0.717, 1.165) is 22.3 Å². The van der Waals surface area contributed by atoms with E-state index in [1.807, 2.05) is 48.5 Å². The quantitative estimate of drug-likeness (QED) is 0.649. The van der Waals surface area contributed by atoms with E-state index in [4.69, 9.17) is 9.47 Å². The molecule has 8 heteroatoms. The second-order valence-electron chi connectivity index (χ2n) is 8.10. The number of amides is 2. The third-order valence-corrected chi connectivity index (χ3v) is 6.11. The first kappa shape index (κ1) is 22.4. The summed E-state index contributed by atoms with van der Waals surface area (Å²) in [4.78, 5) is 37.7. The smallest absolute Gasteiger partial charge is 0.410 e. The summed E-state index contributed by atoms with van der Waals surface area (Å²) in [5, 5.41) is 12.3. The molecule has 2 aromatic rings. The van der Waals surface area contributed by atoms with E-state index < -0.39 is 30.2 Å². The highest BCUT2D eigenvalue weighted by Crippen LogP contribution is 2.44. The fraction of sp³-hybridized carbons (Fsp3) is 0.320. The Morgan fingerprint density at radius 2 is 1.70 bits per heavy atom. The predicted octanol–water partition coefficient (Wildman–Crippen LogP) is 3.77. The molecule has 0 saturated carbocycles. The van der Waals surface area contributed by atoms with Crippen LogP contribution in [-0.4, -0.2) is 60.0 Å². The molecule has 2 N–H and O–H groups in total. The number of nitrogens with one attached hydrogen (secondary N) is 1. The SMILES string of the molecule is C=CCOC(=O)N[C@H]1CCN(C(=O)OCC2c3ccccc3-c3ccccc32)[C@H](C(=O)O)C1. The van der Waals surface area contributed by atoms with Crippen LogP contribution >= 0.6 is 0 Å². The number of hydrogen-bond acceptors (Lipinski definition) is 5. The molecule has 1 aliphatic carbocycles. The number of aliphatic carboxylic acids is 1. The van der Waals surface area contributed by atoms with E-state index in [9.17, 15) is 19.5 Å². The molecule has 33 heavy (non-hydrogen) atoms. The monoisotopic (exact) mass is 450 g/mol. The van der Waals surface area contributed by atoms with E-state index in [1.54, 1.807) is 0 Å². The van der Waals surface area contributed by atoms with Crippen molar-refractivity contribution >= 4 is 18.2 Å². The lowest BCUT2D eigenvalue weighted by Gasteiger charge is -2.36. The van der Waals surface area contributed by atoms with Gasteiger partial charge in [0.2, 0.25) is 0 Å². The molecule has 2 aromatic carbocycles.